The quantitative estimate of drug-likeness (QED) is 0.0250. The van der Waals surface area contributed by atoms with Crippen LogP contribution in [0.25, 0.3) is 89.5 Å². The second-order valence-corrected chi connectivity index (χ2v) is 33.4. The Morgan fingerprint density at radius 2 is 0.757 bits per heavy atom. The molecule has 0 saturated heterocycles. The molecule has 0 radical (unpaired) electrons. The lowest BCUT2D eigenvalue weighted by Crippen LogP contribution is -2.31. The first kappa shape index (κ1) is 98.3. The Labute approximate surface area is 797 Å². The summed E-state index contributed by atoms with van der Waals surface area (Å²) in [6.07, 6.45) is 9.54. The Kier molecular flexibility index (Phi) is 31.6. The van der Waals surface area contributed by atoms with Crippen molar-refractivity contribution < 1.29 is 61.6 Å². The number of halogens is 8. The number of hydrogen-bond donors (Lipinski definition) is 12. The van der Waals surface area contributed by atoms with Gasteiger partial charge in [-0.2, -0.15) is 10.2 Å². The number of hydrogen-bond acceptors (Lipinski definition) is 23. The highest BCUT2D eigenvalue weighted by Crippen LogP contribution is 2.38. The van der Waals surface area contributed by atoms with Gasteiger partial charge in [0.05, 0.1) is 120 Å². The fourth-order valence-electron chi connectivity index (χ4n) is 14.9. The zero-order valence-electron chi connectivity index (χ0n) is 74.0. The molecule has 16 rings (SSSR count). The van der Waals surface area contributed by atoms with E-state index in [0.717, 1.165) is 55.2 Å². The van der Waals surface area contributed by atoms with E-state index < -0.39 is 83.5 Å². The number of carbonyl (C=O) groups excluding carboxylic acids is 4. The lowest BCUT2D eigenvalue weighted by molar-refractivity contribution is 0.0904. The Hall–Kier alpha value is -15.2. The second-order valence-electron chi connectivity index (χ2n) is 31.1. The normalized spacial score (nSPS) is 11.9. The van der Waals surface area contributed by atoms with Gasteiger partial charge in [0.15, 0.2) is 0 Å². The smallest absolute Gasteiger partial charge is 0.254 e. The molecule has 0 unspecified atom stereocenters. The van der Waals surface area contributed by atoms with Gasteiger partial charge in [-0.05, 0) is 176 Å². The van der Waals surface area contributed by atoms with Gasteiger partial charge in [-0.15, -0.1) is 10.2 Å². The molecule has 0 fully saturated rings. The van der Waals surface area contributed by atoms with E-state index in [1.807, 2.05) is 60.0 Å². The predicted molar refractivity (Wildman–Crippen MR) is 513 cm³/mol. The van der Waals surface area contributed by atoms with Gasteiger partial charge in [-0.25, -0.2) is 56.2 Å². The van der Waals surface area contributed by atoms with Crippen LogP contribution in [0, 0.1) is 56.8 Å². The van der Waals surface area contributed by atoms with Crippen molar-refractivity contribution in [1.82, 2.24) is 95.7 Å². The molecule has 4 atom stereocenters. The molecule has 0 spiro atoms. The Morgan fingerprint density at radius 1 is 0.382 bits per heavy atom. The van der Waals surface area contributed by atoms with Crippen LogP contribution in [0.1, 0.15) is 111 Å². The molecular weight excluding hydrogens is 1910 g/mol. The molecule has 4 amide bonds. The lowest BCUT2D eigenvalue weighted by atomic mass is 9.98. The van der Waals surface area contributed by atoms with Gasteiger partial charge in [0.2, 0.25) is 0 Å². The summed E-state index contributed by atoms with van der Waals surface area (Å²) in [5.74, 6) is -5.41. The Morgan fingerprint density at radius 3 is 1.15 bits per heavy atom. The van der Waals surface area contributed by atoms with Crippen LogP contribution in [-0.4, -0.2) is 145 Å². The molecule has 0 bridgehead atoms. The predicted octanol–water partition coefficient (Wildman–Crippen LogP) is 15.1. The van der Waals surface area contributed by atoms with Crippen molar-refractivity contribution in [3.8, 4) is 89.5 Å². The summed E-state index contributed by atoms with van der Waals surface area (Å²) in [7, 11) is 7.19. The van der Waals surface area contributed by atoms with E-state index in [4.69, 9.17) is 34.5 Å². The lowest BCUT2D eigenvalue weighted by Gasteiger charge is -2.18. The molecule has 8 aromatic carbocycles. The molecule has 16 aromatic rings. The number of anilines is 4. The Bertz CT molecular complexity index is 7130. The van der Waals surface area contributed by atoms with Crippen LogP contribution >= 0.6 is 43.5 Å². The summed E-state index contributed by atoms with van der Waals surface area (Å²) in [5, 5.41) is 74.2. The second kappa shape index (κ2) is 43.7. The van der Waals surface area contributed by atoms with E-state index in [1.54, 1.807) is 179 Å². The average Bonchev–Trinajstić information content (AvgIpc) is 1.75. The zero-order valence-corrected chi connectivity index (χ0v) is 77.9. The summed E-state index contributed by atoms with van der Waals surface area (Å²) in [4.78, 5) is 72.5. The number of aliphatic hydroxyl groups is 4. The number of aromatic nitrogens is 15. The standard InChI is InChI=1S/C26H25ClFN5O2.C25H25FN6O2.C23H19BrF2N6O2.C23H20BrFN6O2/c1-14-24(15(2)33(3)32-14)18-10-21(25(29)30-12-18)16-7-8-20(22(28)11-16)26(35)31-23(13-34)17-5-4-6-19(27)9-17;1-14-22(15(2)32(3)31-14)20-12-28-24(27)23(29-20)17-9-10-18(19(26)11-17)25(34)30-21(13-33)16-7-5-4-6-8-16;1-32-21(10-29-31-32)14-6-18(22(27)28-9-14)12-2-3-17(19(26)7-12)23(34)30-20(11-33)13-4-15(24)8-16(25)5-13;1-31-21(11-28-30-31)15-8-18(22(26)27-10-15)13-5-6-17(19(25)9-13)23(33)29-20(12-32)14-3-2-4-16(24)7-14/h4-12,23,34H,13H2,1-3H3,(H2,29,30)(H,31,35);4-12,21,33H,13H2,1-3H3,(H2,27,28)(H,30,34);2-10,20,33H,11H2,1H3,(H2,27,28)(H,30,34);2-11,20,32H,12H2,1H3,(H2,26,27)(H,29,33)/t23-;21-;2*20-/m1111/s1. The zero-order chi connectivity index (χ0) is 97.6. The van der Waals surface area contributed by atoms with E-state index in [-0.39, 0.29) is 65.3 Å². The number of rotatable bonds is 24. The number of benzene rings is 8. The van der Waals surface area contributed by atoms with Crippen LogP contribution in [0.5, 0.6) is 0 Å². The van der Waals surface area contributed by atoms with Crippen LogP contribution in [-0.2, 0) is 28.2 Å². The highest BCUT2D eigenvalue weighted by atomic mass is 79.9. The van der Waals surface area contributed by atoms with Gasteiger partial charge < -0.3 is 64.6 Å². The summed E-state index contributed by atoms with van der Waals surface area (Å²) >= 11 is 12.5. The number of nitrogen functional groups attached to an aromatic ring is 4. The van der Waals surface area contributed by atoms with E-state index >= 15 is 8.78 Å². The highest BCUT2D eigenvalue weighted by molar-refractivity contribution is 9.10. The first-order valence-electron chi connectivity index (χ1n) is 41.6. The average molecular weight is 2000 g/mol. The minimum Gasteiger partial charge on any atom is -0.394 e. The monoisotopic (exact) mass is 1990 g/mol. The van der Waals surface area contributed by atoms with Gasteiger partial charge >= 0.3 is 0 Å². The topological polar surface area (TPSA) is 463 Å². The molecular formula is C97H89Br2ClF5N23O8. The summed E-state index contributed by atoms with van der Waals surface area (Å²) in [6.45, 7) is 6.15. The Balaban J connectivity index is 0.000000153. The molecule has 8 heterocycles. The fourth-order valence-corrected chi connectivity index (χ4v) is 16.0. The number of nitrogens with zero attached hydrogens (tertiary/aromatic N) is 15. The third kappa shape index (κ3) is 22.8. The molecule has 696 valence electrons. The van der Waals surface area contributed by atoms with Gasteiger partial charge in [0, 0.05) is 122 Å². The maximum Gasteiger partial charge on any atom is 0.254 e. The number of aryl methyl sites for hydroxylation is 6. The van der Waals surface area contributed by atoms with E-state index in [9.17, 15) is 52.8 Å². The minimum atomic E-state index is -0.928. The van der Waals surface area contributed by atoms with Crippen molar-refractivity contribution in [2.75, 3.05) is 49.4 Å². The molecule has 0 aliphatic rings. The minimum absolute atomic E-state index is 0.143. The summed E-state index contributed by atoms with van der Waals surface area (Å²) in [6, 6.07) is 45.9. The highest BCUT2D eigenvalue weighted by Gasteiger charge is 2.28. The maximum absolute atomic E-state index is 15.1. The number of pyridine rings is 3. The maximum atomic E-state index is 15.1. The first-order chi connectivity index (χ1) is 65.1. The molecule has 0 aliphatic heterocycles. The van der Waals surface area contributed by atoms with Gasteiger partial charge in [0.1, 0.15) is 58.1 Å². The van der Waals surface area contributed by atoms with Crippen molar-refractivity contribution in [2.45, 2.75) is 51.9 Å². The van der Waals surface area contributed by atoms with Crippen LogP contribution < -0.4 is 44.2 Å². The van der Waals surface area contributed by atoms with Crippen molar-refractivity contribution in [3.05, 3.63) is 336 Å². The van der Waals surface area contributed by atoms with E-state index in [0.29, 0.717) is 93.3 Å². The van der Waals surface area contributed by atoms with Crippen molar-refractivity contribution >= 4 is 90.4 Å². The SMILES string of the molecule is Cc1nn(C)c(C)c1-c1cnc(N)c(-c2ccc(C(=O)N[C@H](CO)c3cccc(Cl)c3)c(F)c2)c1.Cc1nn(C)c(C)c1-c1cnc(N)c(-c2ccc(C(=O)N[C@H](CO)c3ccccc3)c(F)c2)n1.Cn1nncc1-c1cnc(N)c(-c2ccc(C(=O)N[C@H](CO)c3cc(F)cc(Br)c3)c(F)c2)c1.Cn1nncc1-c1cnc(N)c(-c2ccc(C(=O)N[C@H](CO)c3cccc(Br)c3)c(F)c2)c1. The molecule has 8 aromatic heterocycles. The summed E-state index contributed by atoms with van der Waals surface area (Å²) in [5.41, 5.74) is 39.0. The van der Waals surface area contributed by atoms with Crippen LogP contribution in [0.3, 0.4) is 0 Å². The first-order valence-corrected chi connectivity index (χ1v) is 43.6. The van der Waals surface area contributed by atoms with Crippen molar-refractivity contribution in [3.63, 3.8) is 0 Å². The van der Waals surface area contributed by atoms with Crippen LogP contribution in [0.2, 0.25) is 5.02 Å². The molecule has 0 saturated carbocycles. The number of carbonyl (C=O) groups is 4. The van der Waals surface area contributed by atoms with Gasteiger partial charge in [-0.1, -0.05) is 133 Å². The van der Waals surface area contributed by atoms with E-state index in [1.165, 1.54) is 60.7 Å². The third-order valence-corrected chi connectivity index (χ3v) is 23.3. The van der Waals surface area contributed by atoms with Gasteiger partial charge in [0.25, 0.3) is 23.6 Å². The van der Waals surface area contributed by atoms with Crippen LogP contribution in [0.15, 0.2) is 234 Å². The van der Waals surface area contributed by atoms with Crippen molar-refractivity contribution in [2.24, 2.45) is 28.2 Å². The van der Waals surface area contributed by atoms with Gasteiger partial charge in [-0.3, -0.25) is 28.5 Å². The molecule has 16 N–H and O–H groups in total. The number of nitrogens with two attached hydrogens (primary N) is 4. The molecule has 39 heteroatoms. The largest absolute Gasteiger partial charge is 0.394 e. The fraction of sp³-hybridized carbons (Fsp3) is 0.165. The van der Waals surface area contributed by atoms with Crippen LogP contribution in [0.4, 0.5) is 45.2 Å². The number of aliphatic hydroxyl groups excluding tert-OH is 4. The number of amides is 4. The summed E-state index contributed by atoms with van der Waals surface area (Å²) < 4.78 is 81.7. The molecule has 31 nitrogen and oxygen atoms in total. The van der Waals surface area contributed by atoms with Crippen molar-refractivity contribution in [1.29, 1.82) is 0 Å². The van der Waals surface area contributed by atoms with E-state index in [2.05, 4.69) is 109 Å². The number of nitrogens with one attached hydrogen (secondary N) is 4. The third-order valence-electron chi connectivity index (χ3n) is 22.1. The molecule has 136 heavy (non-hydrogen) atoms. The molecule has 0 aliphatic carbocycles.